The van der Waals surface area contributed by atoms with Gasteiger partial charge in [0.2, 0.25) is 0 Å². The molecular formula is C22H28N2O6S. The summed E-state index contributed by atoms with van der Waals surface area (Å²) in [5, 5.41) is 2.78. The van der Waals surface area contributed by atoms with E-state index in [4.69, 9.17) is 4.74 Å². The first kappa shape index (κ1) is 24.2. The number of rotatable bonds is 11. The molecule has 8 nitrogen and oxygen atoms in total. The second kappa shape index (κ2) is 11.4. The van der Waals surface area contributed by atoms with Crippen LogP contribution in [0.5, 0.6) is 5.75 Å². The van der Waals surface area contributed by atoms with Gasteiger partial charge in [0, 0.05) is 25.6 Å². The molecule has 0 atom stereocenters. The number of carbonyl (C=O) groups excluding carboxylic acids is 2. The lowest BCUT2D eigenvalue weighted by Crippen LogP contribution is -2.28. The van der Waals surface area contributed by atoms with Crippen LogP contribution < -0.4 is 14.4 Å². The fourth-order valence-corrected chi connectivity index (χ4v) is 4.11. The highest BCUT2D eigenvalue weighted by atomic mass is 32.2. The Hall–Kier alpha value is -3.07. The second-order valence-corrected chi connectivity index (χ2v) is 8.81. The third kappa shape index (κ3) is 6.71. The molecular weight excluding hydrogens is 420 g/mol. The molecule has 31 heavy (non-hydrogen) atoms. The lowest BCUT2D eigenvalue weighted by atomic mass is 10.2. The number of sulfonamides is 1. The van der Waals surface area contributed by atoms with E-state index in [1.807, 2.05) is 0 Å². The van der Waals surface area contributed by atoms with Crippen LogP contribution in [0.2, 0.25) is 0 Å². The van der Waals surface area contributed by atoms with Crippen molar-refractivity contribution in [3.05, 3.63) is 54.1 Å². The first-order valence-electron chi connectivity index (χ1n) is 9.87. The number of benzene rings is 2. The second-order valence-electron chi connectivity index (χ2n) is 6.84. The van der Waals surface area contributed by atoms with Crippen LogP contribution in [-0.2, 0) is 19.6 Å². The molecule has 0 saturated heterocycles. The van der Waals surface area contributed by atoms with E-state index < -0.39 is 10.0 Å². The highest BCUT2D eigenvalue weighted by molar-refractivity contribution is 7.92. The van der Waals surface area contributed by atoms with Crippen molar-refractivity contribution in [1.82, 2.24) is 5.32 Å². The van der Waals surface area contributed by atoms with Crippen LogP contribution in [0.4, 0.5) is 5.69 Å². The number of hydrogen-bond donors (Lipinski definition) is 1. The summed E-state index contributed by atoms with van der Waals surface area (Å²) in [5.41, 5.74) is 0.737. The van der Waals surface area contributed by atoms with Crippen LogP contribution in [0.15, 0.2) is 53.4 Å². The number of nitrogens with one attached hydrogen (secondary N) is 1. The first-order chi connectivity index (χ1) is 14.8. The minimum atomic E-state index is -3.84. The lowest BCUT2D eigenvalue weighted by Gasteiger charge is -2.20. The molecule has 0 bridgehead atoms. The molecule has 0 unspecified atom stereocenters. The Labute approximate surface area is 183 Å². The molecule has 0 heterocycles. The molecule has 0 aliphatic heterocycles. The number of unbranched alkanes of at least 4 members (excludes halogenated alkanes) is 2. The topological polar surface area (TPSA) is 102 Å². The molecule has 0 fully saturated rings. The summed E-state index contributed by atoms with van der Waals surface area (Å²) in [4.78, 5) is 23.5. The smallest absolute Gasteiger partial charge is 0.305 e. The van der Waals surface area contributed by atoms with Gasteiger partial charge in [-0.25, -0.2) is 8.42 Å². The van der Waals surface area contributed by atoms with Gasteiger partial charge < -0.3 is 14.8 Å². The number of hydrogen-bond acceptors (Lipinski definition) is 6. The van der Waals surface area contributed by atoms with E-state index in [1.165, 1.54) is 33.4 Å². The van der Waals surface area contributed by atoms with Gasteiger partial charge in [0.25, 0.3) is 15.9 Å². The Balaban J connectivity index is 1.99. The van der Waals surface area contributed by atoms with Crippen LogP contribution in [0, 0.1) is 0 Å². The summed E-state index contributed by atoms with van der Waals surface area (Å²) in [5.74, 6) is 0.0253. The zero-order valence-corrected chi connectivity index (χ0v) is 18.8. The van der Waals surface area contributed by atoms with Crippen molar-refractivity contribution in [2.45, 2.75) is 30.6 Å². The van der Waals surface area contributed by atoms with Gasteiger partial charge in [0.1, 0.15) is 5.75 Å². The van der Waals surface area contributed by atoms with Crippen LogP contribution in [0.25, 0.3) is 0 Å². The minimum Gasteiger partial charge on any atom is -0.497 e. The van der Waals surface area contributed by atoms with Crippen molar-refractivity contribution in [3.63, 3.8) is 0 Å². The third-order valence-corrected chi connectivity index (χ3v) is 6.54. The van der Waals surface area contributed by atoms with E-state index in [0.29, 0.717) is 37.2 Å². The normalized spacial score (nSPS) is 10.9. The van der Waals surface area contributed by atoms with Crippen LogP contribution in [0.3, 0.4) is 0 Å². The lowest BCUT2D eigenvalue weighted by molar-refractivity contribution is -0.140. The number of nitrogens with zero attached hydrogens (tertiary/aromatic N) is 1. The SMILES string of the molecule is COC(=O)CCCCCNC(=O)c1cccc(S(=O)(=O)N(C)c2ccc(OC)cc2)c1. The average molecular weight is 449 g/mol. The third-order valence-electron chi connectivity index (χ3n) is 4.76. The van der Waals surface area contributed by atoms with Gasteiger partial charge in [0.05, 0.1) is 24.8 Å². The number of esters is 1. The summed E-state index contributed by atoms with van der Waals surface area (Å²) in [6.45, 7) is 0.433. The van der Waals surface area contributed by atoms with E-state index in [2.05, 4.69) is 10.1 Å². The van der Waals surface area contributed by atoms with Crippen LogP contribution in [-0.4, -0.2) is 48.1 Å². The highest BCUT2D eigenvalue weighted by Crippen LogP contribution is 2.24. The Morgan fingerprint density at radius 2 is 1.71 bits per heavy atom. The van der Waals surface area contributed by atoms with E-state index in [0.717, 1.165) is 10.7 Å². The molecule has 2 aromatic carbocycles. The molecule has 0 spiro atoms. The molecule has 1 amide bonds. The molecule has 2 rings (SSSR count). The van der Waals surface area contributed by atoms with Gasteiger partial charge in [-0.05, 0) is 55.3 Å². The Morgan fingerprint density at radius 1 is 1.00 bits per heavy atom. The molecule has 0 aromatic heterocycles. The maximum Gasteiger partial charge on any atom is 0.305 e. The summed E-state index contributed by atoms with van der Waals surface area (Å²) in [6.07, 6.45) is 2.53. The molecule has 9 heteroatoms. The monoisotopic (exact) mass is 448 g/mol. The largest absolute Gasteiger partial charge is 0.497 e. The van der Waals surface area contributed by atoms with E-state index >= 15 is 0 Å². The van der Waals surface area contributed by atoms with Crippen molar-refractivity contribution in [1.29, 1.82) is 0 Å². The molecule has 0 saturated carbocycles. The predicted molar refractivity (Wildman–Crippen MR) is 118 cm³/mol. The quantitative estimate of drug-likeness (QED) is 0.419. The summed E-state index contributed by atoms with van der Waals surface area (Å²) in [7, 11) is 0.503. The highest BCUT2D eigenvalue weighted by Gasteiger charge is 2.22. The van der Waals surface area contributed by atoms with Gasteiger partial charge >= 0.3 is 5.97 Å². The van der Waals surface area contributed by atoms with Crippen molar-refractivity contribution in [2.75, 3.05) is 32.1 Å². The van der Waals surface area contributed by atoms with Crippen molar-refractivity contribution >= 4 is 27.6 Å². The van der Waals surface area contributed by atoms with Gasteiger partial charge in [-0.15, -0.1) is 0 Å². The fraction of sp³-hybridized carbons (Fsp3) is 0.364. The molecule has 1 N–H and O–H groups in total. The Bertz CT molecular complexity index is 989. The molecule has 2 aromatic rings. The summed E-state index contributed by atoms with van der Waals surface area (Å²) < 4.78 is 36.8. The van der Waals surface area contributed by atoms with Gasteiger partial charge in [-0.2, -0.15) is 0 Å². The van der Waals surface area contributed by atoms with Crippen molar-refractivity contribution in [3.8, 4) is 5.75 Å². The Morgan fingerprint density at radius 3 is 2.35 bits per heavy atom. The minimum absolute atomic E-state index is 0.0246. The molecule has 0 aliphatic rings. The molecule has 168 valence electrons. The fourth-order valence-electron chi connectivity index (χ4n) is 2.86. The van der Waals surface area contributed by atoms with E-state index in [1.54, 1.807) is 36.4 Å². The molecule has 0 aliphatic carbocycles. The first-order valence-corrected chi connectivity index (χ1v) is 11.3. The summed E-state index contributed by atoms with van der Waals surface area (Å²) >= 11 is 0. The molecule has 0 radical (unpaired) electrons. The van der Waals surface area contributed by atoms with Gasteiger partial charge in [-0.1, -0.05) is 12.5 Å². The average Bonchev–Trinajstić information content (AvgIpc) is 2.80. The van der Waals surface area contributed by atoms with Crippen LogP contribution >= 0.6 is 0 Å². The Kier molecular flexibility index (Phi) is 8.87. The number of amides is 1. The zero-order chi connectivity index (χ0) is 22.9. The number of anilines is 1. The zero-order valence-electron chi connectivity index (χ0n) is 18.0. The maximum absolute atomic E-state index is 13.0. The van der Waals surface area contributed by atoms with Crippen molar-refractivity contribution < 1.29 is 27.5 Å². The van der Waals surface area contributed by atoms with E-state index in [-0.39, 0.29) is 22.3 Å². The van der Waals surface area contributed by atoms with E-state index in [9.17, 15) is 18.0 Å². The number of carbonyl (C=O) groups is 2. The van der Waals surface area contributed by atoms with Gasteiger partial charge in [0.15, 0.2) is 0 Å². The maximum atomic E-state index is 13.0. The number of methoxy groups -OCH3 is 2. The summed E-state index contributed by atoms with van der Waals surface area (Å²) in [6, 6.07) is 12.6. The van der Waals surface area contributed by atoms with Gasteiger partial charge in [-0.3, -0.25) is 13.9 Å². The standard InChI is InChI=1S/C22H28N2O6S/c1-24(18-11-13-19(29-2)14-12-18)31(27,28)20-9-7-8-17(16-20)22(26)23-15-6-4-5-10-21(25)30-3/h7-9,11-14,16H,4-6,10,15H2,1-3H3,(H,23,26). The van der Waals surface area contributed by atoms with Crippen LogP contribution in [0.1, 0.15) is 36.0 Å². The van der Waals surface area contributed by atoms with Crippen molar-refractivity contribution in [2.24, 2.45) is 0 Å². The predicted octanol–water partition coefficient (Wildman–Crippen LogP) is 2.98. The number of ether oxygens (including phenoxy) is 2.